The average Bonchev–Trinajstić information content (AvgIpc) is 2.92. The Labute approximate surface area is 243 Å². The molecule has 9 heteroatoms. The van der Waals surface area contributed by atoms with Crippen molar-refractivity contribution >= 4 is 39.1 Å². The molecular formula is C31H38ClN3O4S. The molecule has 1 atom stereocenters. The van der Waals surface area contributed by atoms with E-state index in [1.165, 1.54) is 4.31 Å². The fourth-order valence-corrected chi connectivity index (χ4v) is 5.46. The lowest BCUT2D eigenvalue weighted by Crippen LogP contribution is -2.51. The van der Waals surface area contributed by atoms with Crippen molar-refractivity contribution in [3.63, 3.8) is 0 Å². The fourth-order valence-electron chi connectivity index (χ4n) is 4.37. The number of carbonyl (C=O) groups is 2. The van der Waals surface area contributed by atoms with E-state index >= 15 is 0 Å². The molecule has 0 aliphatic heterocycles. The first-order valence-electron chi connectivity index (χ1n) is 13.4. The Bertz CT molecular complexity index is 1330. The van der Waals surface area contributed by atoms with E-state index in [1.807, 2.05) is 74.5 Å². The van der Waals surface area contributed by atoms with Crippen molar-refractivity contribution in [2.24, 2.45) is 5.92 Å². The molecule has 0 saturated heterocycles. The second kappa shape index (κ2) is 14.9. The van der Waals surface area contributed by atoms with Gasteiger partial charge in [0, 0.05) is 37.5 Å². The van der Waals surface area contributed by atoms with E-state index in [1.54, 1.807) is 29.2 Å². The molecule has 0 fully saturated rings. The van der Waals surface area contributed by atoms with Gasteiger partial charge in [-0.25, -0.2) is 8.42 Å². The summed E-state index contributed by atoms with van der Waals surface area (Å²) in [6, 6.07) is 25.0. The van der Waals surface area contributed by atoms with Crippen molar-refractivity contribution < 1.29 is 18.0 Å². The van der Waals surface area contributed by atoms with Gasteiger partial charge in [0.15, 0.2) is 0 Å². The number of hydrogen-bond donors (Lipinski definition) is 1. The molecule has 0 heterocycles. The van der Waals surface area contributed by atoms with Gasteiger partial charge >= 0.3 is 0 Å². The van der Waals surface area contributed by atoms with Crippen molar-refractivity contribution in [2.45, 2.75) is 45.7 Å². The van der Waals surface area contributed by atoms with E-state index in [0.717, 1.165) is 17.4 Å². The summed E-state index contributed by atoms with van der Waals surface area (Å²) in [6.45, 7) is 4.93. The maximum atomic E-state index is 13.8. The molecule has 7 nitrogen and oxygen atoms in total. The van der Waals surface area contributed by atoms with E-state index < -0.39 is 16.1 Å². The van der Waals surface area contributed by atoms with Crippen LogP contribution in [0.15, 0.2) is 84.9 Å². The topological polar surface area (TPSA) is 86.8 Å². The SMILES string of the molecule is CC(C)CNC(=O)[C@H](Cc1ccccc1)N(Cc1ccccc1)C(=O)CCCN(c1ccc(Cl)cc1)S(C)(=O)=O. The highest BCUT2D eigenvalue weighted by Crippen LogP contribution is 2.22. The predicted molar refractivity (Wildman–Crippen MR) is 162 cm³/mol. The molecule has 0 aromatic heterocycles. The van der Waals surface area contributed by atoms with Crippen LogP contribution in [0.25, 0.3) is 0 Å². The van der Waals surface area contributed by atoms with E-state index in [0.29, 0.717) is 23.7 Å². The van der Waals surface area contributed by atoms with E-state index in [9.17, 15) is 18.0 Å². The van der Waals surface area contributed by atoms with Crippen LogP contribution in [0.5, 0.6) is 0 Å². The van der Waals surface area contributed by atoms with E-state index in [4.69, 9.17) is 11.6 Å². The van der Waals surface area contributed by atoms with Gasteiger partial charge in [0.25, 0.3) is 0 Å². The lowest BCUT2D eigenvalue weighted by atomic mass is 10.0. The summed E-state index contributed by atoms with van der Waals surface area (Å²) in [5.41, 5.74) is 2.34. The number of hydrogen-bond acceptors (Lipinski definition) is 4. The fraction of sp³-hybridized carbons (Fsp3) is 0.355. The summed E-state index contributed by atoms with van der Waals surface area (Å²) < 4.78 is 26.4. The van der Waals surface area contributed by atoms with Crippen molar-refractivity contribution in [1.29, 1.82) is 0 Å². The van der Waals surface area contributed by atoms with Gasteiger partial charge in [0.05, 0.1) is 11.9 Å². The molecule has 3 aromatic rings. The summed E-state index contributed by atoms with van der Waals surface area (Å²) in [4.78, 5) is 28.9. The first kappa shape index (κ1) is 31.2. The first-order chi connectivity index (χ1) is 19.0. The zero-order chi connectivity index (χ0) is 29.1. The molecule has 0 saturated carbocycles. The van der Waals surface area contributed by atoms with Crippen molar-refractivity contribution in [3.05, 3.63) is 101 Å². The van der Waals surface area contributed by atoms with Crippen molar-refractivity contribution in [2.75, 3.05) is 23.7 Å². The average molecular weight is 584 g/mol. The molecule has 0 aliphatic rings. The summed E-state index contributed by atoms with van der Waals surface area (Å²) in [6.07, 6.45) is 1.87. The Kier molecular flexibility index (Phi) is 11.6. The number of benzene rings is 3. The number of nitrogens with one attached hydrogen (secondary N) is 1. The highest BCUT2D eigenvalue weighted by Gasteiger charge is 2.30. The standard InChI is InChI=1S/C31H38ClN3O4S/c1-24(2)22-33-31(37)29(21-25-11-6-4-7-12-25)34(23-26-13-8-5-9-14-26)30(36)15-10-20-35(40(3,38)39)28-18-16-27(32)17-19-28/h4-9,11-14,16-19,24,29H,10,15,20-23H2,1-3H3,(H,33,37)/t29-/m0/s1. The van der Waals surface area contributed by atoms with E-state index in [2.05, 4.69) is 5.32 Å². The number of halogens is 1. The van der Waals surface area contributed by atoms with Gasteiger partial charge in [-0.05, 0) is 47.7 Å². The summed E-state index contributed by atoms with van der Waals surface area (Å²) in [5, 5.41) is 3.52. The van der Waals surface area contributed by atoms with Crippen LogP contribution in [0.2, 0.25) is 5.02 Å². The van der Waals surface area contributed by atoms with Gasteiger partial charge < -0.3 is 10.2 Å². The summed E-state index contributed by atoms with van der Waals surface area (Å²) in [7, 11) is -3.58. The quantitative estimate of drug-likeness (QED) is 0.279. The summed E-state index contributed by atoms with van der Waals surface area (Å²) >= 11 is 5.98. The third-order valence-corrected chi connectivity index (χ3v) is 7.86. The van der Waals surface area contributed by atoms with Crippen LogP contribution >= 0.6 is 11.6 Å². The van der Waals surface area contributed by atoms with Crippen LogP contribution in [0.3, 0.4) is 0 Å². The second-order valence-corrected chi connectivity index (χ2v) is 12.6. The molecule has 0 bridgehead atoms. The molecule has 3 rings (SSSR count). The first-order valence-corrected chi connectivity index (χ1v) is 15.7. The number of anilines is 1. The minimum Gasteiger partial charge on any atom is -0.354 e. The third kappa shape index (κ3) is 9.68. The zero-order valence-electron chi connectivity index (χ0n) is 23.3. The van der Waals surface area contributed by atoms with E-state index in [-0.39, 0.29) is 43.7 Å². The van der Waals surface area contributed by atoms with Gasteiger partial charge in [-0.3, -0.25) is 13.9 Å². The zero-order valence-corrected chi connectivity index (χ0v) is 24.9. The Hall–Kier alpha value is -3.36. The molecule has 3 aromatic carbocycles. The van der Waals surface area contributed by atoms with Crippen molar-refractivity contribution in [3.8, 4) is 0 Å². The Morgan fingerprint density at radius 3 is 2.00 bits per heavy atom. The van der Waals surface area contributed by atoms with Crippen LogP contribution in [-0.4, -0.2) is 50.5 Å². The van der Waals surface area contributed by atoms with Crippen LogP contribution in [0.4, 0.5) is 5.69 Å². The number of rotatable bonds is 14. The van der Waals surface area contributed by atoms with Gasteiger partial charge in [0.2, 0.25) is 21.8 Å². The molecule has 1 N–H and O–H groups in total. The number of sulfonamides is 1. The molecule has 2 amide bonds. The molecule has 0 spiro atoms. The van der Waals surface area contributed by atoms with Gasteiger partial charge in [0.1, 0.15) is 6.04 Å². The minimum absolute atomic E-state index is 0.0786. The Morgan fingerprint density at radius 2 is 1.45 bits per heavy atom. The molecule has 40 heavy (non-hydrogen) atoms. The largest absolute Gasteiger partial charge is 0.354 e. The highest BCUT2D eigenvalue weighted by molar-refractivity contribution is 7.92. The number of carbonyl (C=O) groups excluding carboxylic acids is 2. The van der Waals surface area contributed by atoms with Crippen LogP contribution in [0, 0.1) is 5.92 Å². The number of nitrogens with zero attached hydrogens (tertiary/aromatic N) is 2. The van der Waals surface area contributed by atoms with Crippen LogP contribution < -0.4 is 9.62 Å². The monoisotopic (exact) mass is 583 g/mol. The predicted octanol–water partition coefficient (Wildman–Crippen LogP) is 5.30. The molecular weight excluding hydrogens is 546 g/mol. The maximum Gasteiger partial charge on any atom is 0.243 e. The van der Waals surface area contributed by atoms with Gasteiger partial charge in [-0.15, -0.1) is 0 Å². The molecule has 0 aliphatic carbocycles. The third-order valence-electron chi connectivity index (χ3n) is 6.42. The van der Waals surface area contributed by atoms with Gasteiger partial charge in [-0.1, -0.05) is 86.1 Å². The lowest BCUT2D eigenvalue weighted by molar-refractivity contribution is -0.141. The summed E-state index contributed by atoms with van der Waals surface area (Å²) in [5.74, 6) is -0.163. The molecule has 214 valence electrons. The van der Waals surface area contributed by atoms with Crippen molar-refractivity contribution in [1.82, 2.24) is 10.2 Å². The minimum atomic E-state index is -3.58. The maximum absolute atomic E-state index is 13.8. The smallest absolute Gasteiger partial charge is 0.243 e. The number of amides is 2. The normalized spacial score (nSPS) is 12.1. The van der Waals surface area contributed by atoms with Gasteiger partial charge in [-0.2, -0.15) is 0 Å². The van der Waals surface area contributed by atoms with Crippen LogP contribution in [-0.2, 0) is 32.6 Å². The van der Waals surface area contributed by atoms with Crippen LogP contribution in [0.1, 0.15) is 37.8 Å². The highest BCUT2D eigenvalue weighted by atomic mass is 35.5. The Balaban J connectivity index is 1.85. The molecule has 0 unspecified atom stereocenters. The lowest BCUT2D eigenvalue weighted by Gasteiger charge is -2.32. The Morgan fingerprint density at radius 1 is 0.875 bits per heavy atom. The second-order valence-electron chi connectivity index (χ2n) is 10.3. The molecule has 0 radical (unpaired) electrons.